The summed E-state index contributed by atoms with van der Waals surface area (Å²) >= 11 is 3.38. The van der Waals surface area contributed by atoms with E-state index in [4.69, 9.17) is 4.74 Å². The van der Waals surface area contributed by atoms with Crippen LogP contribution in [0.1, 0.15) is 5.56 Å². The summed E-state index contributed by atoms with van der Waals surface area (Å²) in [5.74, 6) is 0.218. The van der Waals surface area contributed by atoms with Gasteiger partial charge in [0.15, 0.2) is 6.61 Å². The second-order valence-corrected chi connectivity index (χ2v) is 8.38. The molecule has 0 aliphatic carbocycles. The van der Waals surface area contributed by atoms with Gasteiger partial charge in [-0.05, 0) is 23.8 Å². The number of nitro groups is 1. The standard InChI is InChI=1S/C21H21BrN4O5/c22-16-4-5-18-19(11-16)31-14-21(28)25(18)13-20(27)24-8-6-23(7-9-24)12-15-2-1-3-17(10-15)26(29)30/h1-5,10-11H,6-9,12-14H2. The predicted molar refractivity (Wildman–Crippen MR) is 117 cm³/mol. The molecule has 10 heteroatoms. The molecule has 9 nitrogen and oxygen atoms in total. The third-order valence-electron chi connectivity index (χ3n) is 5.41. The van der Waals surface area contributed by atoms with E-state index in [2.05, 4.69) is 20.8 Å². The van der Waals surface area contributed by atoms with Gasteiger partial charge >= 0.3 is 0 Å². The van der Waals surface area contributed by atoms with Gasteiger partial charge in [0.2, 0.25) is 5.91 Å². The molecule has 2 aliphatic heterocycles. The highest BCUT2D eigenvalue weighted by Gasteiger charge is 2.30. The maximum atomic E-state index is 12.9. The van der Waals surface area contributed by atoms with Gasteiger partial charge < -0.3 is 9.64 Å². The monoisotopic (exact) mass is 488 g/mol. The number of rotatable bonds is 5. The van der Waals surface area contributed by atoms with Crippen LogP contribution in [-0.4, -0.2) is 65.9 Å². The minimum absolute atomic E-state index is 0.0261. The third kappa shape index (κ3) is 4.86. The molecule has 0 aromatic heterocycles. The number of amides is 2. The lowest BCUT2D eigenvalue weighted by molar-refractivity contribution is -0.384. The Kier molecular flexibility index (Phi) is 6.19. The van der Waals surface area contributed by atoms with Gasteiger partial charge in [-0.2, -0.15) is 0 Å². The van der Waals surface area contributed by atoms with Crippen LogP contribution in [0, 0.1) is 10.1 Å². The highest BCUT2D eigenvalue weighted by atomic mass is 79.9. The van der Waals surface area contributed by atoms with E-state index >= 15 is 0 Å². The molecular formula is C21H21BrN4O5. The van der Waals surface area contributed by atoms with E-state index in [0.717, 1.165) is 10.0 Å². The molecule has 0 spiro atoms. The van der Waals surface area contributed by atoms with Crippen LogP contribution in [0.3, 0.4) is 0 Å². The van der Waals surface area contributed by atoms with E-state index in [1.165, 1.54) is 11.0 Å². The van der Waals surface area contributed by atoms with Crippen LogP contribution < -0.4 is 9.64 Å². The van der Waals surface area contributed by atoms with E-state index in [1.807, 2.05) is 12.1 Å². The number of benzene rings is 2. The molecule has 1 saturated heterocycles. The number of carbonyl (C=O) groups is 2. The van der Waals surface area contributed by atoms with Crippen LogP contribution in [0.4, 0.5) is 11.4 Å². The number of nitrogens with zero attached hydrogens (tertiary/aromatic N) is 4. The van der Waals surface area contributed by atoms with E-state index in [1.54, 1.807) is 29.2 Å². The number of carbonyl (C=O) groups excluding carboxylic acids is 2. The van der Waals surface area contributed by atoms with Crippen molar-refractivity contribution in [2.75, 3.05) is 44.2 Å². The van der Waals surface area contributed by atoms with Crippen molar-refractivity contribution in [3.8, 4) is 5.75 Å². The third-order valence-corrected chi connectivity index (χ3v) is 5.90. The van der Waals surface area contributed by atoms with Crippen molar-refractivity contribution in [2.45, 2.75) is 6.54 Å². The maximum Gasteiger partial charge on any atom is 0.269 e. The number of anilines is 1. The highest BCUT2D eigenvalue weighted by molar-refractivity contribution is 9.10. The molecule has 4 rings (SSSR count). The lowest BCUT2D eigenvalue weighted by Crippen LogP contribution is -2.52. The van der Waals surface area contributed by atoms with Crippen LogP contribution in [0.15, 0.2) is 46.9 Å². The molecule has 2 aliphatic rings. The Morgan fingerprint density at radius 3 is 2.65 bits per heavy atom. The van der Waals surface area contributed by atoms with Gasteiger partial charge in [-0.1, -0.05) is 28.1 Å². The van der Waals surface area contributed by atoms with Gasteiger partial charge in [-0.15, -0.1) is 0 Å². The van der Waals surface area contributed by atoms with E-state index in [9.17, 15) is 19.7 Å². The average molecular weight is 489 g/mol. The topological polar surface area (TPSA) is 96.2 Å². The molecule has 162 valence electrons. The quantitative estimate of drug-likeness (QED) is 0.473. The fraction of sp³-hybridized carbons (Fsp3) is 0.333. The van der Waals surface area contributed by atoms with Crippen molar-refractivity contribution in [1.82, 2.24) is 9.80 Å². The molecule has 0 unspecified atom stereocenters. The molecule has 2 aromatic rings. The molecule has 2 aromatic carbocycles. The van der Waals surface area contributed by atoms with Crippen molar-refractivity contribution in [3.05, 3.63) is 62.6 Å². The van der Waals surface area contributed by atoms with Crippen LogP contribution in [0.25, 0.3) is 0 Å². The summed E-state index contributed by atoms with van der Waals surface area (Å²) in [4.78, 5) is 41.2. The van der Waals surface area contributed by atoms with Crippen LogP contribution in [-0.2, 0) is 16.1 Å². The van der Waals surface area contributed by atoms with Crippen molar-refractivity contribution < 1.29 is 19.2 Å². The Hall–Kier alpha value is -2.98. The first-order valence-corrected chi connectivity index (χ1v) is 10.7. The van der Waals surface area contributed by atoms with Gasteiger partial charge in [-0.3, -0.25) is 29.5 Å². The van der Waals surface area contributed by atoms with E-state index < -0.39 is 4.92 Å². The zero-order valence-electron chi connectivity index (χ0n) is 16.7. The minimum atomic E-state index is -0.399. The van der Waals surface area contributed by atoms with Crippen LogP contribution in [0.5, 0.6) is 5.75 Å². The van der Waals surface area contributed by atoms with Gasteiger partial charge in [0.05, 0.1) is 10.6 Å². The number of ether oxygens (including phenoxy) is 1. The van der Waals surface area contributed by atoms with Gasteiger partial charge in [-0.25, -0.2) is 0 Å². The van der Waals surface area contributed by atoms with Crippen molar-refractivity contribution in [3.63, 3.8) is 0 Å². The lowest BCUT2D eigenvalue weighted by atomic mass is 10.1. The minimum Gasteiger partial charge on any atom is -0.482 e. The number of hydrogen-bond acceptors (Lipinski definition) is 6. The van der Waals surface area contributed by atoms with E-state index in [0.29, 0.717) is 44.2 Å². The number of piperazine rings is 1. The summed E-state index contributed by atoms with van der Waals surface area (Å²) in [7, 11) is 0. The molecule has 0 radical (unpaired) electrons. The number of fused-ring (bicyclic) bond motifs is 1. The fourth-order valence-electron chi connectivity index (χ4n) is 3.77. The second-order valence-electron chi connectivity index (χ2n) is 7.46. The summed E-state index contributed by atoms with van der Waals surface area (Å²) in [5.41, 5.74) is 1.54. The summed E-state index contributed by atoms with van der Waals surface area (Å²) < 4.78 is 6.31. The molecule has 1 fully saturated rings. The number of nitro benzene ring substituents is 1. The first-order valence-electron chi connectivity index (χ1n) is 9.87. The van der Waals surface area contributed by atoms with Gasteiger partial charge in [0.1, 0.15) is 12.3 Å². The second kappa shape index (κ2) is 9.03. The van der Waals surface area contributed by atoms with Crippen molar-refractivity contribution in [2.24, 2.45) is 0 Å². The maximum absolute atomic E-state index is 12.9. The zero-order chi connectivity index (χ0) is 22.0. The van der Waals surface area contributed by atoms with Crippen molar-refractivity contribution >= 4 is 39.1 Å². The lowest BCUT2D eigenvalue weighted by Gasteiger charge is -2.36. The Morgan fingerprint density at radius 1 is 1.13 bits per heavy atom. The molecule has 0 saturated carbocycles. The predicted octanol–water partition coefficient (Wildman–Crippen LogP) is 2.43. The first kappa shape index (κ1) is 21.3. The largest absolute Gasteiger partial charge is 0.482 e. The summed E-state index contributed by atoms with van der Waals surface area (Å²) in [6.45, 7) is 2.88. The Balaban J connectivity index is 1.34. The Morgan fingerprint density at radius 2 is 1.90 bits per heavy atom. The average Bonchev–Trinajstić information content (AvgIpc) is 2.76. The molecule has 2 heterocycles. The first-order chi connectivity index (χ1) is 14.9. The van der Waals surface area contributed by atoms with E-state index in [-0.39, 0.29) is 30.7 Å². The van der Waals surface area contributed by atoms with Crippen molar-refractivity contribution in [1.29, 1.82) is 0 Å². The van der Waals surface area contributed by atoms with Crippen LogP contribution in [0.2, 0.25) is 0 Å². The summed E-state index contributed by atoms with van der Waals surface area (Å²) in [6, 6.07) is 12.0. The molecule has 2 amide bonds. The zero-order valence-corrected chi connectivity index (χ0v) is 18.3. The molecule has 31 heavy (non-hydrogen) atoms. The Bertz CT molecular complexity index is 1020. The molecule has 0 bridgehead atoms. The SMILES string of the molecule is O=C(CN1C(=O)COc2cc(Br)ccc21)N1CCN(Cc2cccc([N+](=O)[O-])c2)CC1. The number of hydrogen-bond donors (Lipinski definition) is 0. The van der Waals surface area contributed by atoms with Crippen LogP contribution >= 0.6 is 15.9 Å². The normalized spacial score (nSPS) is 16.6. The Labute approximate surface area is 187 Å². The van der Waals surface area contributed by atoms with Gasteiger partial charge in [0, 0.05) is 49.3 Å². The fourth-order valence-corrected chi connectivity index (χ4v) is 4.11. The smallest absolute Gasteiger partial charge is 0.269 e. The summed E-state index contributed by atoms with van der Waals surface area (Å²) in [6.07, 6.45) is 0. The highest BCUT2D eigenvalue weighted by Crippen LogP contribution is 2.34. The van der Waals surface area contributed by atoms with Gasteiger partial charge in [0.25, 0.3) is 11.6 Å². The molecule has 0 N–H and O–H groups in total. The molecular weight excluding hydrogens is 468 g/mol. The molecule has 0 atom stereocenters. The number of halogens is 1. The number of non-ortho nitro benzene ring substituents is 1. The summed E-state index contributed by atoms with van der Waals surface area (Å²) in [5, 5.41) is 11.0.